The number of H-pyrrole nitrogens is 1. The predicted molar refractivity (Wildman–Crippen MR) is 92.9 cm³/mol. The molecular weight excluding hydrogens is 322 g/mol. The summed E-state index contributed by atoms with van der Waals surface area (Å²) in [6, 6.07) is 12.8. The van der Waals surface area contributed by atoms with Crippen molar-refractivity contribution < 1.29 is 14.5 Å². The van der Waals surface area contributed by atoms with E-state index in [1.807, 2.05) is 30.5 Å². The highest BCUT2D eigenvalue weighted by Gasteiger charge is 2.18. The van der Waals surface area contributed by atoms with Crippen molar-refractivity contribution in [1.29, 1.82) is 0 Å². The minimum atomic E-state index is -0.780. The molecule has 3 N–H and O–H groups in total. The minimum Gasteiger partial charge on any atom is -0.460 e. The fourth-order valence-corrected chi connectivity index (χ4v) is 2.60. The SMILES string of the molecule is NC(Cc1c[nH]c2ccccc12)C(=O)OCc1ccc([N+](=O)[O-])cc1. The molecule has 0 aliphatic carbocycles. The molecule has 25 heavy (non-hydrogen) atoms. The first-order chi connectivity index (χ1) is 12.0. The van der Waals surface area contributed by atoms with Gasteiger partial charge in [-0.1, -0.05) is 18.2 Å². The zero-order chi connectivity index (χ0) is 17.8. The third kappa shape index (κ3) is 3.84. The van der Waals surface area contributed by atoms with Crippen LogP contribution < -0.4 is 5.73 Å². The number of non-ortho nitro benzene ring substituents is 1. The molecule has 0 bridgehead atoms. The number of hydrogen-bond donors (Lipinski definition) is 2. The number of nitrogens with two attached hydrogens (primary N) is 1. The number of nitrogens with one attached hydrogen (secondary N) is 1. The number of esters is 1. The number of rotatable bonds is 6. The molecule has 0 fully saturated rings. The maximum Gasteiger partial charge on any atom is 0.323 e. The molecule has 3 aromatic rings. The molecule has 7 nitrogen and oxygen atoms in total. The normalized spacial score (nSPS) is 12.0. The standard InChI is InChI=1S/C18H17N3O4/c19-16(9-13-10-20-17-4-2-1-3-15(13)17)18(22)25-11-12-5-7-14(8-6-12)21(23)24/h1-8,10,16,20H,9,11,19H2. The Morgan fingerprint density at radius 3 is 2.64 bits per heavy atom. The molecule has 0 amide bonds. The summed E-state index contributed by atoms with van der Waals surface area (Å²) < 4.78 is 5.21. The number of carbonyl (C=O) groups excluding carboxylic acids is 1. The van der Waals surface area contributed by atoms with Crippen molar-refractivity contribution in [2.24, 2.45) is 5.73 Å². The van der Waals surface area contributed by atoms with Crippen LogP contribution in [0, 0.1) is 10.1 Å². The third-order valence-electron chi connectivity index (χ3n) is 3.95. The molecule has 0 saturated heterocycles. The van der Waals surface area contributed by atoms with Crippen LogP contribution in [0.25, 0.3) is 10.9 Å². The highest BCUT2D eigenvalue weighted by Crippen LogP contribution is 2.19. The van der Waals surface area contributed by atoms with Gasteiger partial charge in [-0.15, -0.1) is 0 Å². The number of fused-ring (bicyclic) bond motifs is 1. The Bertz CT molecular complexity index is 902. The van der Waals surface area contributed by atoms with E-state index < -0.39 is 16.9 Å². The van der Waals surface area contributed by atoms with E-state index in [4.69, 9.17) is 10.5 Å². The highest BCUT2D eigenvalue weighted by atomic mass is 16.6. The molecule has 3 rings (SSSR count). The van der Waals surface area contributed by atoms with Crippen molar-refractivity contribution >= 4 is 22.6 Å². The monoisotopic (exact) mass is 339 g/mol. The van der Waals surface area contributed by atoms with Gasteiger partial charge in [-0.3, -0.25) is 14.9 Å². The fraction of sp³-hybridized carbons (Fsp3) is 0.167. The maximum absolute atomic E-state index is 12.1. The second-order valence-electron chi connectivity index (χ2n) is 5.70. The molecule has 1 heterocycles. The lowest BCUT2D eigenvalue weighted by atomic mass is 10.1. The maximum atomic E-state index is 12.1. The zero-order valence-corrected chi connectivity index (χ0v) is 13.3. The van der Waals surface area contributed by atoms with Gasteiger partial charge in [-0.2, -0.15) is 0 Å². The third-order valence-corrected chi connectivity index (χ3v) is 3.95. The Labute approximate surface area is 143 Å². The summed E-state index contributed by atoms with van der Waals surface area (Å²) in [6.07, 6.45) is 2.21. The Balaban J connectivity index is 1.58. The number of ether oxygens (including phenoxy) is 1. The summed E-state index contributed by atoms with van der Waals surface area (Å²) in [4.78, 5) is 25.4. The zero-order valence-electron chi connectivity index (χ0n) is 13.3. The second-order valence-corrected chi connectivity index (χ2v) is 5.70. The van der Waals surface area contributed by atoms with Crippen molar-refractivity contribution in [3.63, 3.8) is 0 Å². The lowest BCUT2D eigenvalue weighted by Crippen LogP contribution is -2.34. The molecule has 7 heteroatoms. The van der Waals surface area contributed by atoms with Crippen LogP contribution in [0.4, 0.5) is 5.69 Å². The Morgan fingerprint density at radius 2 is 1.92 bits per heavy atom. The molecule has 1 atom stereocenters. The summed E-state index contributed by atoms with van der Waals surface area (Å²) in [5, 5.41) is 11.6. The van der Waals surface area contributed by atoms with Gasteiger partial charge in [0.15, 0.2) is 0 Å². The lowest BCUT2D eigenvalue weighted by molar-refractivity contribution is -0.384. The van der Waals surface area contributed by atoms with Gasteiger partial charge in [0.1, 0.15) is 12.6 Å². The molecule has 0 aliphatic rings. The van der Waals surface area contributed by atoms with Crippen LogP contribution in [0.5, 0.6) is 0 Å². The van der Waals surface area contributed by atoms with Gasteiger partial charge in [0.05, 0.1) is 4.92 Å². The average Bonchev–Trinajstić information content (AvgIpc) is 3.03. The quantitative estimate of drug-likeness (QED) is 0.407. The predicted octanol–water partition coefficient (Wildman–Crippen LogP) is 2.69. The molecule has 0 aliphatic heterocycles. The molecule has 1 aromatic heterocycles. The summed E-state index contributed by atoms with van der Waals surface area (Å²) in [5.41, 5.74) is 8.55. The minimum absolute atomic E-state index is 0.00823. The van der Waals surface area contributed by atoms with Crippen LogP contribution in [-0.4, -0.2) is 21.9 Å². The van der Waals surface area contributed by atoms with Crippen LogP contribution in [0.3, 0.4) is 0 Å². The summed E-state index contributed by atoms with van der Waals surface area (Å²) in [6.45, 7) is 0.0262. The van der Waals surface area contributed by atoms with E-state index in [1.165, 1.54) is 12.1 Å². The Kier molecular flexibility index (Phi) is 4.76. The van der Waals surface area contributed by atoms with Crippen LogP contribution in [-0.2, 0) is 22.6 Å². The van der Waals surface area contributed by atoms with E-state index in [9.17, 15) is 14.9 Å². The van der Waals surface area contributed by atoms with Gasteiger partial charge in [0, 0.05) is 35.7 Å². The van der Waals surface area contributed by atoms with Crippen LogP contribution in [0.2, 0.25) is 0 Å². The van der Waals surface area contributed by atoms with Crippen molar-refractivity contribution in [2.45, 2.75) is 19.1 Å². The number of nitrogens with zero attached hydrogens (tertiary/aromatic N) is 1. The number of hydrogen-bond acceptors (Lipinski definition) is 5. The van der Waals surface area contributed by atoms with Crippen LogP contribution in [0.1, 0.15) is 11.1 Å². The average molecular weight is 339 g/mol. The summed E-state index contributed by atoms with van der Waals surface area (Å²) in [7, 11) is 0. The van der Waals surface area contributed by atoms with E-state index in [0.29, 0.717) is 12.0 Å². The van der Waals surface area contributed by atoms with Crippen molar-refractivity contribution in [3.8, 4) is 0 Å². The number of aromatic amines is 1. The van der Waals surface area contributed by atoms with E-state index in [-0.39, 0.29) is 12.3 Å². The number of carbonyl (C=O) groups is 1. The summed E-state index contributed by atoms with van der Waals surface area (Å²) >= 11 is 0. The molecule has 0 spiro atoms. The van der Waals surface area contributed by atoms with E-state index in [1.54, 1.807) is 12.1 Å². The lowest BCUT2D eigenvalue weighted by Gasteiger charge is -2.11. The fourth-order valence-electron chi connectivity index (χ4n) is 2.60. The second kappa shape index (κ2) is 7.14. The van der Waals surface area contributed by atoms with Crippen molar-refractivity contribution in [2.75, 3.05) is 0 Å². The smallest absolute Gasteiger partial charge is 0.323 e. The van der Waals surface area contributed by atoms with Gasteiger partial charge >= 0.3 is 5.97 Å². The van der Waals surface area contributed by atoms with E-state index >= 15 is 0 Å². The molecule has 0 saturated carbocycles. The van der Waals surface area contributed by atoms with E-state index in [0.717, 1.165) is 16.5 Å². The number of aromatic nitrogens is 1. The topological polar surface area (TPSA) is 111 Å². The Morgan fingerprint density at radius 1 is 1.20 bits per heavy atom. The molecule has 2 aromatic carbocycles. The first-order valence-electron chi connectivity index (χ1n) is 7.75. The number of para-hydroxylation sites is 1. The summed E-state index contributed by atoms with van der Waals surface area (Å²) in [5.74, 6) is -0.511. The largest absolute Gasteiger partial charge is 0.460 e. The number of nitro groups is 1. The molecular formula is C18H17N3O4. The van der Waals surface area contributed by atoms with Gasteiger partial charge < -0.3 is 15.5 Å². The molecule has 1 unspecified atom stereocenters. The Hall–Kier alpha value is -3.19. The molecule has 128 valence electrons. The molecule has 0 radical (unpaired) electrons. The first-order valence-corrected chi connectivity index (χ1v) is 7.75. The van der Waals surface area contributed by atoms with Gasteiger partial charge in [-0.05, 0) is 29.3 Å². The van der Waals surface area contributed by atoms with Gasteiger partial charge in [0.25, 0.3) is 5.69 Å². The van der Waals surface area contributed by atoms with Gasteiger partial charge in [-0.25, -0.2) is 0 Å². The van der Waals surface area contributed by atoms with Crippen molar-refractivity contribution in [1.82, 2.24) is 4.98 Å². The highest BCUT2D eigenvalue weighted by molar-refractivity contribution is 5.84. The van der Waals surface area contributed by atoms with E-state index in [2.05, 4.69) is 4.98 Å². The first kappa shape index (κ1) is 16.7. The van der Waals surface area contributed by atoms with Gasteiger partial charge in [0.2, 0.25) is 0 Å². The number of nitro benzene ring substituents is 1. The van der Waals surface area contributed by atoms with Crippen LogP contribution in [0.15, 0.2) is 54.7 Å². The van der Waals surface area contributed by atoms with Crippen molar-refractivity contribution in [3.05, 3.63) is 76.0 Å². The number of benzene rings is 2. The van der Waals surface area contributed by atoms with Crippen LogP contribution >= 0.6 is 0 Å².